The number of aromatic nitrogens is 1. The zero-order valence-corrected chi connectivity index (χ0v) is 19.1. The molecule has 0 atom stereocenters. The number of nitrogens with zero attached hydrogens (tertiary/aromatic N) is 2. The SMILES string of the molecule is O=C(O)C(F)(F)F.O=S(=O)(c1cccc(Cl)c1)n1ccc2c(N3CCNCC3)c(Cl)ccc21. The molecule has 1 fully saturated rings. The first-order chi connectivity index (χ1) is 15.4. The first-order valence-electron chi connectivity index (χ1n) is 9.49. The van der Waals surface area contributed by atoms with Crippen molar-refractivity contribution in [1.82, 2.24) is 9.29 Å². The van der Waals surface area contributed by atoms with E-state index < -0.39 is 22.2 Å². The number of aliphatic carboxylic acids is 1. The molecule has 0 amide bonds. The van der Waals surface area contributed by atoms with Crippen LogP contribution in [0.25, 0.3) is 10.9 Å². The summed E-state index contributed by atoms with van der Waals surface area (Å²) >= 11 is 12.4. The fourth-order valence-corrected chi connectivity index (χ4v) is 5.24. The number of fused-ring (bicyclic) bond motifs is 1. The van der Waals surface area contributed by atoms with Crippen molar-refractivity contribution in [2.24, 2.45) is 0 Å². The first-order valence-corrected chi connectivity index (χ1v) is 11.7. The maximum absolute atomic E-state index is 13.1. The smallest absolute Gasteiger partial charge is 0.475 e. The van der Waals surface area contributed by atoms with Crippen molar-refractivity contribution in [3.05, 3.63) is 58.7 Å². The minimum Gasteiger partial charge on any atom is -0.475 e. The van der Waals surface area contributed by atoms with E-state index in [1.807, 2.05) is 0 Å². The molecule has 0 bridgehead atoms. The number of alkyl halides is 3. The van der Waals surface area contributed by atoms with Crippen molar-refractivity contribution in [1.29, 1.82) is 0 Å². The molecule has 1 aromatic heterocycles. The summed E-state index contributed by atoms with van der Waals surface area (Å²) in [7, 11) is -3.75. The minimum atomic E-state index is -5.08. The van der Waals surface area contributed by atoms with Crippen molar-refractivity contribution < 1.29 is 31.5 Å². The number of anilines is 1. The number of carboxylic acid groups (broad SMARTS) is 1. The maximum atomic E-state index is 13.1. The standard InChI is InChI=1S/C18H17Cl2N3O2S.C2HF3O2/c19-13-2-1-3-14(12-13)26(24,25)23-9-6-15-17(23)5-4-16(20)18(15)22-10-7-21-8-11-22;3-2(4,5)1(6)7/h1-6,9,12,21H,7-8,10-11H2;(H,6,7). The molecule has 0 unspecified atom stereocenters. The largest absolute Gasteiger partial charge is 0.490 e. The summed E-state index contributed by atoms with van der Waals surface area (Å²) in [6, 6.07) is 11.6. The Kier molecular flexibility index (Phi) is 7.47. The third-order valence-electron chi connectivity index (χ3n) is 4.79. The van der Waals surface area contributed by atoms with E-state index in [0.29, 0.717) is 15.6 Å². The molecule has 1 aliphatic rings. The molecule has 4 rings (SSSR count). The average Bonchev–Trinajstić information content (AvgIpc) is 3.19. The number of hydrogen-bond acceptors (Lipinski definition) is 5. The van der Waals surface area contributed by atoms with Gasteiger partial charge in [-0.25, -0.2) is 17.2 Å². The second-order valence-electron chi connectivity index (χ2n) is 6.94. The van der Waals surface area contributed by atoms with Crippen molar-refractivity contribution in [2.45, 2.75) is 11.1 Å². The number of benzene rings is 2. The third-order valence-corrected chi connectivity index (χ3v) is 7.01. The van der Waals surface area contributed by atoms with Crippen LogP contribution in [0.3, 0.4) is 0 Å². The van der Waals surface area contributed by atoms with E-state index in [-0.39, 0.29) is 4.90 Å². The molecule has 7 nitrogen and oxygen atoms in total. The van der Waals surface area contributed by atoms with Gasteiger partial charge in [-0.3, -0.25) is 0 Å². The first kappa shape index (κ1) is 25.2. The topological polar surface area (TPSA) is 91.6 Å². The van der Waals surface area contributed by atoms with Gasteiger partial charge in [0.05, 0.1) is 21.1 Å². The lowest BCUT2D eigenvalue weighted by molar-refractivity contribution is -0.192. The predicted molar refractivity (Wildman–Crippen MR) is 120 cm³/mol. The number of rotatable bonds is 3. The summed E-state index contributed by atoms with van der Waals surface area (Å²) in [4.78, 5) is 11.2. The van der Waals surface area contributed by atoms with E-state index in [9.17, 15) is 21.6 Å². The Bertz CT molecular complexity index is 1270. The van der Waals surface area contributed by atoms with Gasteiger partial charge >= 0.3 is 12.1 Å². The van der Waals surface area contributed by atoms with Gasteiger partial charge < -0.3 is 15.3 Å². The van der Waals surface area contributed by atoms with Gasteiger partial charge in [-0.2, -0.15) is 13.2 Å². The van der Waals surface area contributed by atoms with Crippen LogP contribution in [0.1, 0.15) is 0 Å². The maximum Gasteiger partial charge on any atom is 0.490 e. The monoisotopic (exact) mass is 523 g/mol. The molecule has 33 heavy (non-hydrogen) atoms. The van der Waals surface area contributed by atoms with Crippen LogP contribution >= 0.6 is 23.2 Å². The molecular weight excluding hydrogens is 506 g/mol. The van der Waals surface area contributed by atoms with E-state index >= 15 is 0 Å². The Balaban J connectivity index is 0.000000383. The summed E-state index contributed by atoms with van der Waals surface area (Å²) in [6.07, 6.45) is -3.51. The van der Waals surface area contributed by atoms with E-state index in [4.69, 9.17) is 33.1 Å². The molecule has 2 heterocycles. The van der Waals surface area contributed by atoms with Gasteiger partial charge in [0.1, 0.15) is 0 Å². The molecular formula is C20H18Cl2F3N3O4S. The lowest BCUT2D eigenvalue weighted by Gasteiger charge is -2.30. The fourth-order valence-electron chi connectivity index (χ4n) is 3.31. The van der Waals surface area contributed by atoms with Crippen LogP contribution in [0.15, 0.2) is 53.6 Å². The van der Waals surface area contributed by atoms with Crippen molar-refractivity contribution in [3.8, 4) is 0 Å². The van der Waals surface area contributed by atoms with E-state index in [0.717, 1.165) is 37.3 Å². The molecule has 0 spiro atoms. The van der Waals surface area contributed by atoms with Gasteiger partial charge in [0.2, 0.25) is 0 Å². The number of piperazine rings is 1. The molecule has 2 N–H and O–H groups in total. The molecule has 0 saturated carbocycles. The normalized spacial score (nSPS) is 14.6. The quantitative estimate of drug-likeness (QED) is 0.533. The van der Waals surface area contributed by atoms with E-state index in [2.05, 4.69) is 10.2 Å². The summed E-state index contributed by atoms with van der Waals surface area (Å²) in [6.45, 7) is 3.39. The van der Waals surface area contributed by atoms with Gasteiger partial charge in [0.15, 0.2) is 0 Å². The summed E-state index contributed by atoms with van der Waals surface area (Å²) < 4.78 is 59.2. The Hall–Kier alpha value is -2.47. The van der Waals surface area contributed by atoms with Gasteiger partial charge in [-0.1, -0.05) is 29.3 Å². The molecule has 3 aromatic rings. The summed E-state index contributed by atoms with van der Waals surface area (Å²) in [5.74, 6) is -2.76. The molecule has 2 aromatic carbocycles. The van der Waals surface area contributed by atoms with Crippen LogP contribution in [0.4, 0.5) is 18.9 Å². The summed E-state index contributed by atoms with van der Waals surface area (Å²) in [5, 5.41) is 12.3. The zero-order chi connectivity index (χ0) is 24.4. The fraction of sp³-hybridized carbons (Fsp3) is 0.250. The van der Waals surface area contributed by atoms with Crippen molar-refractivity contribution in [2.75, 3.05) is 31.1 Å². The van der Waals surface area contributed by atoms with Crippen LogP contribution < -0.4 is 10.2 Å². The number of carboxylic acids is 1. The highest BCUT2D eigenvalue weighted by molar-refractivity contribution is 7.90. The lowest BCUT2D eigenvalue weighted by Crippen LogP contribution is -2.43. The number of carbonyl (C=O) groups is 1. The Morgan fingerprint density at radius 2 is 1.70 bits per heavy atom. The van der Waals surface area contributed by atoms with Gasteiger partial charge in [0, 0.05) is 42.8 Å². The van der Waals surface area contributed by atoms with Gasteiger partial charge in [-0.15, -0.1) is 0 Å². The van der Waals surface area contributed by atoms with E-state index in [1.54, 1.807) is 42.6 Å². The van der Waals surface area contributed by atoms with Gasteiger partial charge in [-0.05, 0) is 36.4 Å². The highest BCUT2D eigenvalue weighted by Gasteiger charge is 2.38. The van der Waals surface area contributed by atoms with Crippen LogP contribution in [0, 0.1) is 0 Å². The van der Waals surface area contributed by atoms with Crippen LogP contribution in [-0.2, 0) is 14.8 Å². The second-order valence-corrected chi connectivity index (χ2v) is 9.60. The average molecular weight is 524 g/mol. The third kappa shape index (κ3) is 5.55. The molecule has 1 aliphatic heterocycles. The van der Waals surface area contributed by atoms with Crippen LogP contribution in [-0.4, -0.2) is 55.8 Å². The Labute approximate surface area is 197 Å². The lowest BCUT2D eigenvalue weighted by atomic mass is 10.2. The Morgan fingerprint density at radius 3 is 2.27 bits per heavy atom. The number of nitrogens with one attached hydrogen (secondary N) is 1. The molecule has 1 saturated heterocycles. The number of halogens is 5. The molecule has 0 aliphatic carbocycles. The molecule has 0 radical (unpaired) electrons. The molecule has 13 heteroatoms. The minimum absolute atomic E-state index is 0.154. The molecule has 178 valence electrons. The number of hydrogen-bond donors (Lipinski definition) is 2. The van der Waals surface area contributed by atoms with Crippen molar-refractivity contribution >= 4 is 55.8 Å². The zero-order valence-electron chi connectivity index (χ0n) is 16.8. The van der Waals surface area contributed by atoms with Crippen LogP contribution in [0.2, 0.25) is 10.0 Å². The van der Waals surface area contributed by atoms with E-state index in [1.165, 1.54) is 10.0 Å². The predicted octanol–water partition coefficient (Wildman–Crippen LogP) is 4.23. The highest BCUT2D eigenvalue weighted by atomic mass is 35.5. The van der Waals surface area contributed by atoms with Crippen molar-refractivity contribution in [3.63, 3.8) is 0 Å². The van der Waals surface area contributed by atoms with Crippen LogP contribution in [0.5, 0.6) is 0 Å². The summed E-state index contributed by atoms with van der Waals surface area (Å²) in [5.41, 5.74) is 1.48. The highest BCUT2D eigenvalue weighted by Crippen LogP contribution is 2.36. The second kappa shape index (κ2) is 9.80. The van der Waals surface area contributed by atoms with Gasteiger partial charge in [0.25, 0.3) is 10.0 Å². The Morgan fingerprint density at radius 1 is 1.06 bits per heavy atom.